The third-order valence-corrected chi connectivity index (χ3v) is 4.28. The van der Waals surface area contributed by atoms with E-state index in [0.717, 1.165) is 29.2 Å². The second kappa shape index (κ2) is 5.93. The first kappa shape index (κ1) is 14.2. The number of nitrogen functional groups attached to an aromatic ring is 1. The smallest absolute Gasteiger partial charge is 0.228 e. The van der Waals surface area contributed by atoms with Crippen LogP contribution in [0.2, 0.25) is 0 Å². The van der Waals surface area contributed by atoms with Crippen LogP contribution in [0.25, 0.3) is 0 Å². The summed E-state index contributed by atoms with van der Waals surface area (Å²) in [4.78, 5) is 13.9. The molecule has 2 aliphatic heterocycles. The minimum absolute atomic E-state index is 0.0444. The van der Waals surface area contributed by atoms with Crippen molar-refractivity contribution in [2.45, 2.75) is 38.6 Å². The zero-order valence-corrected chi connectivity index (χ0v) is 12.6. The molecule has 1 atom stereocenters. The Bertz CT molecular complexity index is 537. The molecule has 5 nitrogen and oxygen atoms in total. The SMILES string of the molecule is CC(CN1CCCCC1)Nc1cc2c(cc1N)CC(=O)N2. The van der Waals surface area contributed by atoms with E-state index in [-0.39, 0.29) is 5.91 Å². The number of carbonyl (C=O) groups excluding carboxylic acids is 1. The summed E-state index contributed by atoms with van der Waals surface area (Å²) in [5, 5.41) is 6.36. The van der Waals surface area contributed by atoms with E-state index in [9.17, 15) is 4.79 Å². The van der Waals surface area contributed by atoms with Crippen LogP contribution >= 0.6 is 0 Å². The van der Waals surface area contributed by atoms with Gasteiger partial charge in [0.2, 0.25) is 5.91 Å². The highest BCUT2D eigenvalue weighted by molar-refractivity contribution is 6.00. The lowest BCUT2D eigenvalue weighted by Gasteiger charge is -2.30. The molecule has 1 fully saturated rings. The highest BCUT2D eigenvalue weighted by Crippen LogP contribution is 2.31. The van der Waals surface area contributed by atoms with Gasteiger partial charge in [-0.15, -0.1) is 0 Å². The summed E-state index contributed by atoms with van der Waals surface area (Å²) in [7, 11) is 0. The Morgan fingerprint density at radius 2 is 2.10 bits per heavy atom. The molecule has 1 amide bonds. The molecular formula is C16H24N4O. The maximum Gasteiger partial charge on any atom is 0.228 e. The van der Waals surface area contributed by atoms with Gasteiger partial charge in [0.25, 0.3) is 0 Å². The predicted octanol–water partition coefficient (Wildman–Crippen LogP) is 2.05. The number of nitrogens with one attached hydrogen (secondary N) is 2. The van der Waals surface area contributed by atoms with Gasteiger partial charge >= 0.3 is 0 Å². The van der Waals surface area contributed by atoms with Crippen molar-refractivity contribution in [3.05, 3.63) is 17.7 Å². The Kier molecular flexibility index (Phi) is 4.01. The summed E-state index contributed by atoms with van der Waals surface area (Å²) in [6.45, 7) is 5.60. The van der Waals surface area contributed by atoms with Gasteiger partial charge in [-0.1, -0.05) is 6.42 Å². The zero-order chi connectivity index (χ0) is 14.8. The van der Waals surface area contributed by atoms with Crippen molar-refractivity contribution in [2.75, 3.05) is 36.0 Å². The molecule has 2 aliphatic rings. The topological polar surface area (TPSA) is 70.4 Å². The molecular weight excluding hydrogens is 264 g/mol. The first-order valence-electron chi connectivity index (χ1n) is 7.83. The lowest BCUT2D eigenvalue weighted by Crippen LogP contribution is -2.38. The summed E-state index contributed by atoms with van der Waals surface area (Å²) in [6, 6.07) is 4.20. The molecule has 1 aromatic rings. The van der Waals surface area contributed by atoms with Crippen LogP contribution in [0.5, 0.6) is 0 Å². The van der Waals surface area contributed by atoms with E-state index in [1.54, 1.807) is 0 Å². The number of anilines is 3. The Balaban J connectivity index is 1.64. The molecule has 2 heterocycles. The van der Waals surface area contributed by atoms with Crippen LogP contribution in [-0.2, 0) is 11.2 Å². The van der Waals surface area contributed by atoms with Crippen molar-refractivity contribution in [1.29, 1.82) is 0 Å². The van der Waals surface area contributed by atoms with Crippen LogP contribution in [0.1, 0.15) is 31.7 Å². The van der Waals surface area contributed by atoms with Gasteiger partial charge in [-0.05, 0) is 50.6 Å². The van der Waals surface area contributed by atoms with Gasteiger partial charge in [-0.2, -0.15) is 0 Å². The number of nitrogens with zero attached hydrogens (tertiary/aromatic N) is 1. The lowest BCUT2D eigenvalue weighted by atomic mass is 10.1. The number of hydrogen-bond acceptors (Lipinski definition) is 4. The van der Waals surface area contributed by atoms with Gasteiger partial charge in [0, 0.05) is 18.3 Å². The van der Waals surface area contributed by atoms with E-state index in [2.05, 4.69) is 22.5 Å². The number of nitrogens with two attached hydrogens (primary N) is 1. The molecule has 0 spiro atoms. The fraction of sp³-hybridized carbons (Fsp3) is 0.562. The Morgan fingerprint density at radius 1 is 1.33 bits per heavy atom. The molecule has 3 rings (SSSR count). The van der Waals surface area contributed by atoms with Gasteiger partial charge in [-0.3, -0.25) is 4.79 Å². The highest BCUT2D eigenvalue weighted by atomic mass is 16.1. The number of hydrogen-bond donors (Lipinski definition) is 3. The van der Waals surface area contributed by atoms with Crippen molar-refractivity contribution in [3.8, 4) is 0 Å². The van der Waals surface area contributed by atoms with E-state index < -0.39 is 0 Å². The normalized spacial score (nSPS) is 20.0. The largest absolute Gasteiger partial charge is 0.397 e. The molecule has 1 unspecified atom stereocenters. The molecule has 21 heavy (non-hydrogen) atoms. The third kappa shape index (κ3) is 3.29. The highest BCUT2D eigenvalue weighted by Gasteiger charge is 2.20. The minimum atomic E-state index is 0.0444. The zero-order valence-electron chi connectivity index (χ0n) is 12.6. The number of benzene rings is 1. The van der Waals surface area contributed by atoms with Gasteiger partial charge in [-0.25, -0.2) is 0 Å². The molecule has 4 N–H and O–H groups in total. The van der Waals surface area contributed by atoms with Crippen molar-refractivity contribution >= 4 is 23.0 Å². The van der Waals surface area contributed by atoms with Crippen LogP contribution in [0, 0.1) is 0 Å². The van der Waals surface area contributed by atoms with Crippen LogP contribution in [-0.4, -0.2) is 36.5 Å². The summed E-state index contributed by atoms with van der Waals surface area (Å²) in [5.74, 6) is 0.0444. The van der Waals surface area contributed by atoms with Gasteiger partial charge in [0.1, 0.15) is 0 Å². The average molecular weight is 288 g/mol. The quantitative estimate of drug-likeness (QED) is 0.742. The fourth-order valence-electron chi connectivity index (χ4n) is 3.26. The fourth-order valence-corrected chi connectivity index (χ4v) is 3.26. The first-order valence-corrected chi connectivity index (χ1v) is 7.83. The number of rotatable bonds is 4. The summed E-state index contributed by atoms with van der Waals surface area (Å²) in [6.07, 6.45) is 4.40. The van der Waals surface area contributed by atoms with E-state index in [0.29, 0.717) is 12.5 Å². The number of piperidine rings is 1. The second-order valence-electron chi connectivity index (χ2n) is 6.23. The third-order valence-electron chi connectivity index (χ3n) is 4.28. The Hall–Kier alpha value is -1.75. The molecule has 0 saturated carbocycles. The Labute approximate surface area is 125 Å². The van der Waals surface area contributed by atoms with Crippen LogP contribution in [0.4, 0.5) is 17.1 Å². The molecule has 1 saturated heterocycles. The number of likely N-dealkylation sites (tertiary alicyclic amines) is 1. The van der Waals surface area contributed by atoms with Crippen molar-refractivity contribution in [3.63, 3.8) is 0 Å². The van der Waals surface area contributed by atoms with E-state index in [1.165, 1.54) is 32.4 Å². The molecule has 0 aromatic heterocycles. The molecule has 0 bridgehead atoms. The Morgan fingerprint density at radius 3 is 2.86 bits per heavy atom. The summed E-state index contributed by atoms with van der Waals surface area (Å²) < 4.78 is 0. The van der Waals surface area contributed by atoms with Gasteiger partial charge < -0.3 is 21.3 Å². The average Bonchev–Trinajstić information content (AvgIpc) is 2.79. The van der Waals surface area contributed by atoms with Crippen LogP contribution < -0.4 is 16.4 Å². The van der Waals surface area contributed by atoms with Crippen molar-refractivity contribution in [1.82, 2.24) is 4.90 Å². The molecule has 114 valence electrons. The second-order valence-corrected chi connectivity index (χ2v) is 6.23. The van der Waals surface area contributed by atoms with Crippen molar-refractivity contribution in [2.24, 2.45) is 0 Å². The summed E-state index contributed by atoms with van der Waals surface area (Å²) >= 11 is 0. The standard InChI is InChI=1S/C16H24N4O/c1-11(10-20-5-3-2-4-6-20)18-15-9-14-12(7-13(15)17)8-16(21)19-14/h7,9,11,18H,2-6,8,10,17H2,1H3,(H,19,21). The van der Waals surface area contributed by atoms with Gasteiger partial charge in [0.05, 0.1) is 17.8 Å². The first-order chi connectivity index (χ1) is 10.1. The number of fused-ring (bicyclic) bond motifs is 1. The number of amides is 1. The van der Waals surface area contributed by atoms with Crippen LogP contribution in [0.3, 0.4) is 0 Å². The van der Waals surface area contributed by atoms with E-state index in [4.69, 9.17) is 5.73 Å². The lowest BCUT2D eigenvalue weighted by molar-refractivity contribution is -0.115. The molecule has 0 aliphatic carbocycles. The monoisotopic (exact) mass is 288 g/mol. The van der Waals surface area contributed by atoms with Crippen molar-refractivity contribution < 1.29 is 4.79 Å². The van der Waals surface area contributed by atoms with Gasteiger partial charge in [0.15, 0.2) is 0 Å². The van der Waals surface area contributed by atoms with Crippen LogP contribution in [0.15, 0.2) is 12.1 Å². The maximum atomic E-state index is 11.4. The van der Waals surface area contributed by atoms with E-state index >= 15 is 0 Å². The number of carbonyl (C=O) groups is 1. The molecule has 1 aromatic carbocycles. The predicted molar refractivity (Wildman–Crippen MR) is 86.6 cm³/mol. The molecule has 0 radical (unpaired) electrons. The minimum Gasteiger partial charge on any atom is -0.397 e. The maximum absolute atomic E-state index is 11.4. The summed E-state index contributed by atoms with van der Waals surface area (Å²) in [5.41, 5.74) is 9.62. The molecule has 5 heteroatoms. The van der Waals surface area contributed by atoms with E-state index in [1.807, 2.05) is 12.1 Å².